The van der Waals surface area contributed by atoms with Crippen LogP contribution in [0.25, 0.3) is 0 Å². The maximum absolute atomic E-state index is 13.6. The van der Waals surface area contributed by atoms with Gasteiger partial charge < -0.3 is 27.2 Å². The molecule has 0 saturated carbocycles. The second-order valence-corrected chi connectivity index (χ2v) is 8.59. The number of nitrogens with two attached hydrogens (primary N) is 2. The number of hydrogen-bond acceptors (Lipinski definition) is 4. The molecule has 36 heavy (non-hydrogen) atoms. The monoisotopic (exact) mass is 487 g/mol. The third-order valence-electron chi connectivity index (χ3n) is 5.86. The number of hydrogen-bond donors (Lipinski definition) is 5. The number of carbonyl (C=O) groups excluding carboxylic acids is 2. The van der Waals surface area contributed by atoms with Crippen molar-refractivity contribution in [3.05, 3.63) is 102 Å². The lowest BCUT2D eigenvalue weighted by molar-refractivity contribution is -0.129. The molecule has 0 aromatic heterocycles. The van der Waals surface area contributed by atoms with Crippen molar-refractivity contribution in [2.75, 3.05) is 6.54 Å². The Kier molecular flexibility index (Phi) is 9.45. The minimum Gasteiger partial charge on any atom is -0.508 e. The quantitative estimate of drug-likeness (QED) is 0.161. The molecule has 0 heterocycles. The van der Waals surface area contributed by atoms with Crippen LogP contribution in [0, 0.1) is 0 Å². The molecule has 3 rings (SSSR count). The van der Waals surface area contributed by atoms with Gasteiger partial charge in [0.15, 0.2) is 5.96 Å². The molecule has 0 aliphatic rings. The van der Waals surface area contributed by atoms with Crippen molar-refractivity contribution in [2.45, 2.75) is 37.8 Å². The van der Waals surface area contributed by atoms with Gasteiger partial charge in [-0.25, -0.2) is 0 Å². The van der Waals surface area contributed by atoms with Crippen LogP contribution >= 0.6 is 0 Å². The normalized spacial score (nSPS) is 12.4. The molecule has 8 heteroatoms. The molecule has 8 nitrogen and oxygen atoms in total. The van der Waals surface area contributed by atoms with Gasteiger partial charge in [-0.15, -0.1) is 0 Å². The van der Waals surface area contributed by atoms with Crippen LogP contribution in [0.5, 0.6) is 5.75 Å². The number of nitrogens with zero attached hydrogens (tertiary/aromatic N) is 1. The van der Waals surface area contributed by atoms with E-state index in [2.05, 4.69) is 15.6 Å². The lowest BCUT2D eigenvalue weighted by Crippen LogP contribution is -2.48. The highest BCUT2D eigenvalue weighted by Gasteiger charge is 2.28. The van der Waals surface area contributed by atoms with Gasteiger partial charge in [0.2, 0.25) is 11.8 Å². The van der Waals surface area contributed by atoms with Gasteiger partial charge in [-0.1, -0.05) is 72.8 Å². The molecule has 2 atom stereocenters. The molecule has 0 radical (unpaired) electrons. The van der Waals surface area contributed by atoms with Crippen molar-refractivity contribution in [2.24, 2.45) is 16.5 Å². The first-order valence-corrected chi connectivity index (χ1v) is 11.9. The zero-order chi connectivity index (χ0) is 25.9. The molecule has 3 aromatic rings. The van der Waals surface area contributed by atoms with Crippen molar-refractivity contribution < 1.29 is 14.7 Å². The average molecular weight is 488 g/mol. The Balaban J connectivity index is 1.80. The van der Waals surface area contributed by atoms with Crippen LogP contribution in [0.4, 0.5) is 0 Å². The number of benzene rings is 3. The molecule has 0 spiro atoms. The molecule has 0 unspecified atom stereocenters. The number of nitrogens with one attached hydrogen (secondary N) is 2. The van der Waals surface area contributed by atoms with Gasteiger partial charge in [0.1, 0.15) is 11.8 Å². The molecule has 0 fully saturated rings. The first kappa shape index (κ1) is 26.3. The predicted octanol–water partition coefficient (Wildman–Crippen LogP) is 2.94. The zero-order valence-corrected chi connectivity index (χ0v) is 20.3. The Labute approximate surface area is 211 Å². The standard InChI is InChI=1S/C28H33N5O3/c1-19(20-14-16-23(34)17-15-20)32-26(35)24(13-8-18-31-28(29)30)33-27(36)25(21-9-4-2-5-10-21)22-11-6-3-7-12-22/h2-7,9-12,14-17,19,24-25,34H,8,13,18H2,1H3,(H,32,35)(H,33,36)(H4,29,30,31)/t19-,24-/m1/s1. The summed E-state index contributed by atoms with van der Waals surface area (Å²) in [4.78, 5) is 30.9. The minimum atomic E-state index is -0.791. The van der Waals surface area contributed by atoms with E-state index in [1.165, 1.54) is 0 Å². The summed E-state index contributed by atoms with van der Waals surface area (Å²) in [7, 11) is 0. The Morgan fingerprint density at radius 1 is 0.806 bits per heavy atom. The highest BCUT2D eigenvalue weighted by molar-refractivity contribution is 5.92. The first-order valence-electron chi connectivity index (χ1n) is 11.9. The average Bonchev–Trinajstić information content (AvgIpc) is 2.87. The molecule has 0 aliphatic carbocycles. The van der Waals surface area contributed by atoms with Crippen LogP contribution in [-0.2, 0) is 9.59 Å². The van der Waals surface area contributed by atoms with Gasteiger partial charge in [-0.3, -0.25) is 14.6 Å². The summed E-state index contributed by atoms with van der Waals surface area (Å²) in [5.41, 5.74) is 13.3. The number of guanidine groups is 1. The molecule has 3 aromatic carbocycles. The fourth-order valence-corrected chi connectivity index (χ4v) is 3.97. The zero-order valence-electron chi connectivity index (χ0n) is 20.3. The largest absolute Gasteiger partial charge is 0.508 e. The smallest absolute Gasteiger partial charge is 0.243 e. The van der Waals surface area contributed by atoms with E-state index in [0.29, 0.717) is 19.4 Å². The lowest BCUT2D eigenvalue weighted by Gasteiger charge is -2.24. The van der Waals surface area contributed by atoms with Crippen LogP contribution in [0.1, 0.15) is 48.4 Å². The molecular weight excluding hydrogens is 454 g/mol. The van der Waals surface area contributed by atoms with E-state index in [9.17, 15) is 14.7 Å². The van der Waals surface area contributed by atoms with E-state index >= 15 is 0 Å². The highest BCUT2D eigenvalue weighted by atomic mass is 16.3. The maximum Gasteiger partial charge on any atom is 0.243 e. The fourth-order valence-electron chi connectivity index (χ4n) is 3.97. The summed E-state index contributed by atoms with van der Waals surface area (Å²) >= 11 is 0. The third kappa shape index (κ3) is 7.59. The minimum absolute atomic E-state index is 0.0193. The second kappa shape index (κ2) is 12.9. The maximum atomic E-state index is 13.6. The topological polar surface area (TPSA) is 143 Å². The van der Waals surface area contributed by atoms with Gasteiger partial charge in [0.25, 0.3) is 0 Å². The number of aliphatic imine (C=N–C) groups is 1. The van der Waals surface area contributed by atoms with E-state index < -0.39 is 12.0 Å². The molecule has 0 saturated heterocycles. The van der Waals surface area contributed by atoms with Gasteiger partial charge in [-0.2, -0.15) is 0 Å². The number of rotatable bonds is 11. The van der Waals surface area contributed by atoms with Crippen LogP contribution in [0.3, 0.4) is 0 Å². The van der Waals surface area contributed by atoms with E-state index in [0.717, 1.165) is 16.7 Å². The highest BCUT2D eigenvalue weighted by Crippen LogP contribution is 2.25. The molecular formula is C28H33N5O3. The Morgan fingerprint density at radius 2 is 1.36 bits per heavy atom. The van der Waals surface area contributed by atoms with E-state index in [-0.39, 0.29) is 29.6 Å². The van der Waals surface area contributed by atoms with Crippen molar-refractivity contribution in [1.29, 1.82) is 0 Å². The number of phenolic OH excluding ortho intramolecular Hbond substituents is 1. The number of amides is 2. The van der Waals surface area contributed by atoms with Gasteiger partial charge >= 0.3 is 0 Å². The summed E-state index contributed by atoms with van der Waals surface area (Å²) in [5.74, 6) is -1.03. The van der Waals surface area contributed by atoms with E-state index in [4.69, 9.17) is 11.5 Å². The summed E-state index contributed by atoms with van der Waals surface area (Å²) in [6.45, 7) is 2.19. The second-order valence-electron chi connectivity index (χ2n) is 8.59. The Morgan fingerprint density at radius 3 is 1.89 bits per heavy atom. The van der Waals surface area contributed by atoms with Gasteiger partial charge in [0, 0.05) is 6.54 Å². The van der Waals surface area contributed by atoms with Crippen LogP contribution in [0.15, 0.2) is 89.9 Å². The van der Waals surface area contributed by atoms with Gasteiger partial charge in [-0.05, 0) is 48.6 Å². The van der Waals surface area contributed by atoms with Crippen LogP contribution in [0.2, 0.25) is 0 Å². The summed E-state index contributed by atoms with van der Waals surface area (Å²) in [6.07, 6.45) is 0.859. The number of carbonyl (C=O) groups is 2. The van der Waals surface area contributed by atoms with E-state index in [1.54, 1.807) is 24.3 Å². The Hall–Kier alpha value is -4.33. The van der Waals surface area contributed by atoms with Crippen LogP contribution < -0.4 is 22.1 Å². The summed E-state index contributed by atoms with van der Waals surface area (Å²) in [5, 5.41) is 15.5. The summed E-state index contributed by atoms with van der Waals surface area (Å²) in [6, 6.07) is 24.4. The van der Waals surface area contributed by atoms with Crippen LogP contribution in [-0.4, -0.2) is 35.5 Å². The van der Waals surface area contributed by atoms with Crippen molar-refractivity contribution >= 4 is 17.8 Å². The number of aromatic hydroxyl groups is 1. The molecule has 7 N–H and O–H groups in total. The first-order chi connectivity index (χ1) is 17.3. The van der Waals surface area contributed by atoms with Crippen molar-refractivity contribution in [3.8, 4) is 5.75 Å². The molecule has 188 valence electrons. The Bertz CT molecular complexity index is 1110. The van der Waals surface area contributed by atoms with Gasteiger partial charge in [0.05, 0.1) is 12.0 Å². The van der Waals surface area contributed by atoms with E-state index in [1.807, 2.05) is 67.6 Å². The molecule has 0 bridgehead atoms. The third-order valence-corrected chi connectivity index (χ3v) is 5.86. The molecule has 2 amide bonds. The number of phenols is 1. The SMILES string of the molecule is C[C@@H](NC(=O)[C@@H](CCCN=C(N)N)NC(=O)C(c1ccccc1)c1ccccc1)c1ccc(O)cc1. The predicted molar refractivity (Wildman–Crippen MR) is 141 cm³/mol. The van der Waals surface area contributed by atoms with Crippen molar-refractivity contribution in [1.82, 2.24) is 10.6 Å². The molecule has 0 aliphatic heterocycles. The lowest BCUT2D eigenvalue weighted by atomic mass is 9.90. The van der Waals surface area contributed by atoms with Crippen molar-refractivity contribution in [3.63, 3.8) is 0 Å². The summed E-state index contributed by atoms with van der Waals surface area (Å²) < 4.78 is 0. The fraction of sp³-hybridized carbons (Fsp3) is 0.250.